The second kappa shape index (κ2) is 7.97. The fourth-order valence-corrected chi connectivity index (χ4v) is 2.99. The molecule has 0 atom stereocenters. The largest absolute Gasteiger partial charge is 0.481 e. The number of thiophene rings is 1. The van der Waals surface area contributed by atoms with E-state index in [0.717, 1.165) is 18.1 Å². The van der Waals surface area contributed by atoms with Crippen molar-refractivity contribution in [3.63, 3.8) is 0 Å². The van der Waals surface area contributed by atoms with Gasteiger partial charge in [0.2, 0.25) is 5.88 Å². The molecular formula is C17H24N4OS. The van der Waals surface area contributed by atoms with Gasteiger partial charge in [0.05, 0.1) is 7.11 Å². The third-order valence-corrected chi connectivity index (χ3v) is 4.81. The fourth-order valence-electron chi connectivity index (χ4n) is 2.13. The summed E-state index contributed by atoms with van der Waals surface area (Å²) >= 11 is 1.78. The number of hydrogen-bond donors (Lipinski definition) is 2. The molecule has 2 rings (SSSR count). The predicted molar refractivity (Wildman–Crippen MR) is 96.3 cm³/mol. The molecule has 0 spiro atoms. The maximum atomic E-state index is 5.14. The summed E-state index contributed by atoms with van der Waals surface area (Å²) in [4.78, 5) is 9.75. The van der Waals surface area contributed by atoms with Crippen LogP contribution in [0, 0.1) is 0 Å². The summed E-state index contributed by atoms with van der Waals surface area (Å²) in [6.07, 6.45) is 1.74. The van der Waals surface area contributed by atoms with Crippen molar-refractivity contribution in [2.75, 3.05) is 20.7 Å². The summed E-state index contributed by atoms with van der Waals surface area (Å²) in [5.41, 5.74) is 1.16. The van der Waals surface area contributed by atoms with E-state index < -0.39 is 0 Å². The molecule has 5 nitrogen and oxygen atoms in total. The molecule has 2 heterocycles. The Morgan fingerprint density at radius 1 is 1.35 bits per heavy atom. The van der Waals surface area contributed by atoms with E-state index in [1.54, 1.807) is 31.7 Å². The molecule has 23 heavy (non-hydrogen) atoms. The van der Waals surface area contributed by atoms with Crippen LogP contribution in [0.3, 0.4) is 0 Å². The van der Waals surface area contributed by atoms with Crippen LogP contribution in [0.15, 0.2) is 40.8 Å². The van der Waals surface area contributed by atoms with Gasteiger partial charge >= 0.3 is 0 Å². The minimum atomic E-state index is 0.0612. The topological polar surface area (TPSA) is 58.5 Å². The molecule has 0 bridgehead atoms. The van der Waals surface area contributed by atoms with Gasteiger partial charge in [-0.05, 0) is 23.1 Å². The molecule has 0 saturated heterocycles. The van der Waals surface area contributed by atoms with Crippen molar-refractivity contribution in [1.82, 2.24) is 15.6 Å². The van der Waals surface area contributed by atoms with Crippen LogP contribution in [-0.2, 0) is 12.0 Å². The molecule has 124 valence electrons. The molecule has 0 aliphatic heterocycles. The first-order valence-electron chi connectivity index (χ1n) is 7.52. The first-order valence-corrected chi connectivity index (χ1v) is 8.40. The van der Waals surface area contributed by atoms with Crippen molar-refractivity contribution in [3.8, 4) is 5.88 Å². The Bertz CT molecular complexity index is 638. The van der Waals surface area contributed by atoms with E-state index in [4.69, 9.17) is 4.74 Å². The van der Waals surface area contributed by atoms with E-state index >= 15 is 0 Å². The molecule has 0 radical (unpaired) electrons. The SMILES string of the molecule is CN=C(NCc1ccnc(OC)c1)NCC(C)(C)c1cccs1. The highest BCUT2D eigenvalue weighted by Gasteiger charge is 2.21. The number of pyridine rings is 1. The zero-order valence-corrected chi connectivity index (χ0v) is 14.9. The van der Waals surface area contributed by atoms with Crippen molar-refractivity contribution >= 4 is 17.3 Å². The van der Waals surface area contributed by atoms with E-state index in [2.05, 4.69) is 52.0 Å². The van der Waals surface area contributed by atoms with Crippen LogP contribution in [0.1, 0.15) is 24.3 Å². The van der Waals surface area contributed by atoms with Gasteiger partial charge in [0, 0.05) is 42.7 Å². The molecule has 2 aromatic heterocycles. The third kappa shape index (κ3) is 4.96. The lowest BCUT2D eigenvalue weighted by Crippen LogP contribution is -2.42. The van der Waals surface area contributed by atoms with Crippen molar-refractivity contribution in [3.05, 3.63) is 46.3 Å². The number of rotatable bonds is 6. The number of methoxy groups -OCH3 is 1. The highest BCUT2D eigenvalue weighted by molar-refractivity contribution is 7.10. The molecule has 0 aromatic carbocycles. The molecule has 2 N–H and O–H groups in total. The summed E-state index contributed by atoms with van der Waals surface area (Å²) in [5, 5.41) is 8.82. The highest BCUT2D eigenvalue weighted by atomic mass is 32.1. The first-order chi connectivity index (χ1) is 11.0. The number of hydrogen-bond acceptors (Lipinski definition) is 4. The first kappa shape index (κ1) is 17.3. The van der Waals surface area contributed by atoms with Crippen molar-refractivity contribution < 1.29 is 4.74 Å². The maximum Gasteiger partial charge on any atom is 0.213 e. The van der Waals surface area contributed by atoms with Gasteiger partial charge in [-0.25, -0.2) is 4.98 Å². The monoisotopic (exact) mass is 332 g/mol. The summed E-state index contributed by atoms with van der Waals surface area (Å²) in [6.45, 7) is 5.94. The summed E-state index contributed by atoms with van der Waals surface area (Å²) < 4.78 is 5.14. The molecule has 0 aliphatic rings. The maximum absolute atomic E-state index is 5.14. The summed E-state index contributed by atoms with van der Waals surface area (Å²) in [7, 11) is 3.40. The van der Waals surface area contributed by atoms with Crippen LogP contribution in [0.4, 0.5) is 0 Å². The molecule has 0 fully saturated rings. The molecule has 2 aromatic rings. The van der Waals surface area contributed by atoms with E-state index in [1.165, 1.54) is 4.88 Å². The molecular weight excluding hydrogens is 308 g/mol. The molecule has 0 unspecified atom stereocenters. The average molecular weight is 332 g/mol. The Hall–Kier alpha value is -2.08. The smallest absolute Gasteiger partial charge is 0.213 e. The Balaban J connectivity index is 1.88. The summed E-state index contributed by atoms with van der Waals surface area (Å²) in [5.74, 6) is 1.40. The van der Waals surface area contributed by atoms with E-state index in [1.807, 2.05) is 12.1 Å². The highest BCUT2D eigenvalue weighted by Crippen LogP contribution is 2.26. The summed E-state index contributed by atoms with van der Waals surface area (Å²) in [6, 6.07) is 8.13. The molecule has 6 heteroatoms. The Labute approximate surface area is 141 Å². The minimum Gasteiger partial charge on any atom is -0.481 e. The second-order valence-corrected chi connectivity index (χ2v) is 6.79. The van der Waals surface area contributed by atoms with Crippen LogP contribution in [0.5, 0.6) is 5.88 Å². The standard InChI is InChI=1S/C17H24N4OS/c1-17(2,14-6-5-9-23-14)12-21-16(18-3)20-11-13-7-8-19-15(10-13)22-4/h5-10H,11-12H2,1-4H3,(H2,18,20,21). The van der Waals surface area contributed by atoms with E-state index in [-0.39, 0.29) is 5.41 Å². The van der Waals surface area contributed by atoms with Gasteiger partial charge in [0.25, 0.3) is 0 Å². The average Bonchev–Trinajstić information content (AvgIpc) is 3.10. The number of guanidine groups is 1. The second-order valence-electron chi connectivity index (χ2n) is 5.85. The van der Waals surface area contributed by atoms with Crippen molar-refractivity contribution in [2.45, 2.75) is 25.8 Å². The minimum absolute atomic E-state index is 0.0612. The third-order valence-electron chi connectivity index (χ3n) is 3.58. The van der Waals surface area contributed by atoms with Crippen molar-refractivity contribution in [1.29, 1.82) is 0 Å². The Morgan fingerprint density at radius 2 is 2.17 bits per heavy atom. The molecule has 0 saturated carbocycles. The number of aliphatic imine (C=N–C) groups is 1. The number of nitrogens with one attached hydrogen (secondary N) is 2. The van der Waals surface area contributed by atoms with Gasteiger partial charge in [-0.2, -0.15) is 0 Å². The number of aromatic nitrogens is 1. The van der Waals surface area contributed by atoms with Gasteiger partial charge in [-0.3, -0.25) is 4.99 Å². The molecule has 0 aliphatic carbocycles. The Kier molecular flexibility index (Phi) is 5.98. The molecule has 0 amide bonds. The zero-order chi connectivity index (χ0) is 16.7. The zero-order valence-electron chi connectivity index (χ0n) is 14.1. The predicted octanol–water partition coefficient (Wildman–Crippen LogP) is 2.79. The lowest BCUT2D eigenvalue weighted by Gasteiger charge is -2.25. The van der Waals surface area contributed by atoms with Crippen molar-refractivity contribution in [2.24, 2.45) is 4.99 Å². The van der Waals surface area contributed by atoms with Gasteiger partial charge in [-0.15, -0.1) is 11.3 Å². The van der Waals surface area contributed by atoms with Gasteiger partial charge < -0.3 is 15.4 Å². The van der Waals surface area contributed by atoms with E-state index in [0.29, 0.717) is 12.4 Å². The Morgan fingerprint density at radius 3 is 2.83 bits per heavy atom. The van der Waals surface area contributed by atoms with E-state index in [9.17, 15) is 0 Å². The van der Waals surface area contributed by atoms with Crippen LogP contribution in [-0.4, -0.2) is 31.6 Å². The quantitative estimate of drug-likeness (QED) is 0.631. The normalized spacial score (nSPS) is 12.1. The van der Waals surface area contributed by atoms with Gasteiger partial charge in [-0.1, -0.05) is 19.9 Å². The number of ether oxygens (including phenoxy) is 1. The lowest BCUT2D eigenvalue weighted by atomic mass is 9.91. The van der Waals surface area contributed by atoms with Crippen LogP contribution < -0.4 is 15.4 Å². The van der Waals surface area contributed by atoms with Gasteiger partial charge in [0.1, 0.15) is 0 Å². The fraction of sp³-hybridized carbons (Fsp3) is 0.412. The van der Waals surface area contributed by atoms with Crippen LogP contribution >= 0.6 is 11.3 Å². The van der Waals surface area contributed by atoms with Crippen LogP contribution in [0.25, 0.3) is 0 Å². The van der Waals surface area contributed by atoms with Crippen LogP contribution in [0.2, 0.25) is 0 Å². The van der Waals surface area contributed by atoms with Gasteiger partial charge in [0.15, 0.2) is 5.96 Å². The lowest BCUT2D eigenvalue weighted by molar-refractivity contribution is 0.397. The number of nitrogens with zero attached hydrogens (tertiary/aromatic N) is 2.